The van der Waals surface area contributed by atoms with Crippen LogP contribution in [0.15, 0.2) is 43.0 Å². The van der Waals surface area contributed by atoms with Gasteiger partial charge in [0, 0.05) is 24.5 Å². The number of ether oxygens (including phenoxy) is 1. The Morgan fingerprint density at radius 3 is 3.00 bits per heavy atom. The molecule has 3 aromatic rings. The van der Waals surface area contributed by atoms with Gasteiger partial charge in [-0.15, -0.1) is 5.10 Å². The predicted octanol–water partition coefficient (Wildman–Crippen LogP) is 1.01. The van der Waals surface area contributed by atoms with E-state index < -0.39 is 0 Å². The van der Waals surface area contributed by atoms with Crippen LogP contribution in [-0.2, 0) is 0 Å². The lowest BCUT2D eigenvalue weighted by molar-refractivity contribution is 0.0526. The molecule has 1 aliphatic rings. The summed E-state index contributed by atoms with van der Waals surface area (Å²) < 4.78 is 7.35. The van der Waals surface area contributed by atoms with Gasteiger partial charge in [0.1, 0.15) is 18.5 Å². The van der Waals surface area contributed by atoms with E-state index in [9.17, 15) is 4.79 Å². The number of aromatic nitrogens is 6. The standard InChI is InChI=1S/C18H16N8O2/c19-10-16-17(21-7-6-20-16)28-15-5-2-8-25(11-15)18(27)13-3-1-4-14(9-13)26-12-22-23-24-26/h1,3-4,6-7,9,12,15H,2,5,8,11H2. The molecule has 1 unspecified atom stereocenters. The molecule has 0 N–H and O–H groups in total. The van der Waals surface area contributed by atoms with Crippen LogP contribution in [0.4, 0.5) is 0 Å². The Balaban J connectivity index is 1.48. The lowest BCUT2D eigenvalue weighted by Crippen LogP contribution is -2.44. The first-order valence-corrected chi connectivity index (χ1v) is 8.75. The summed E-state index contributed by atoms with van der Waals surface area (Å²) in [6.45, 7) is 1.05. The number of carbonyl (C=O) groups excluding carboxylic acids is 1. The average Bonchev–Trinajstić information content (AvgIpc) is 3.29. The normalized spacial score (nSPS) is 16.4. The summed E-state index contributed by atoms with van der Waals surface area (Å²) in [7, 11) is 0. The summed E-state index contributed by atoms with van der Waals surface area (Å²) in [6, 6.07) is 9.10. The number of nitriles is 1. The summed E-state index contributed by atoms with van der Waals surface area (Å²) in [5.41, 5.74) is 1.39. The van der Waals surface area contributed by atoms with Gasteiger partial charge < -0.3 is 9.64 Å². The minimum atomic E-state index is -0.246. The number of piperidine rings is 1. The molecule has 10 heteroatoms. The Morgan fingerprint density at radius 2 is 2.18 bits per heavy atom. The van der Waals surface area contributed by atoms with Gasteiger partial charge in [0.25, 0.3) is 11.8 Å². The second-order valence-corrected chi connectivity index (χ2v) is 6.26. The quantitative estimate of drug-likeness (QED) is 0.661. The fraction of sp³-hybridized carbons (Fsp3) is 0.278. The lowest BCUT2D eigenvalue weighted by atomic mass is 10.1. The molecule has 1 amide bonds. The topological polar surface area (TPSA) is 123 Å². The van der Waals surface area contributed by atoms with E-state index in [0.717, 1.165) is 12.8 Å². The number of likely N-dealkylation sites (tertiary alicyclic amines) is 1. The van der Waals surface area contributed by atoms with Crippen LogP contribution in [0.2, 0.25) is 0 Å². The van der Waals surface area contributed by atoms with Gasteiger partial charge in [-0.05, 0) is 41.5 Å². The van der Waals surface area contributed by atoms with Crippen molar-refractivity contribution in [2.45, 2.75) is 18.9 Å². The minimum absolute atomic E-state index is 0.0946. The number of tetrazole rings is 1. The zero-order chi connectivity index (χ0) is 19.3. The van der Waals surface area contributed by atoms with Crippen LogP contribution in [0.1, 0.15) is 28.9 Å². The van der Waals surface area contributed by atoms with Gasteiger partial charge >= 0.3 is 0 Å². The first-order chi connectivity index (χ1) is 13.7. The molecule has 0 bridgehead atoms. The fourth-order valence-electron chi connectivity index (χ4n) is 3.11. The maximum absolute atomic E-state index is 13.0. The maximum Gasteiger partial charge on any atom is 0.254 e. The summed E-state index contributed by atoms with van der Waals surface area (Å²) in [6.07, 6.45) is 5.72. The van der Waals surface area contributed by atoms with Crippen molar-refractivity contribution in [3.63, 3.8) is 0 Å². The number of amides is 1. The van der Waals surface area contributed by atoms with Gasteiger partial charge in [-0.25, -0.2) is 14.6 Å². The van der Waals surface area contributed by atoms with E-state index in [0.29, 0.717) is 24.3 Å². The molecule has 0 spiro atoms. The van der Waals surface area contributed by atoms with Gasteiger partial charge in [0.05, 0.1) is 12.2 Å². The van der Waals surface area contributed by atoms with Crippen molar-refractivity contribution in [3.8, 4) is 17.6 Å². The Hall–Kier alpha value is -3.87. The summed E-state index contributed by atoms with van der Waals surface area (Å²) in [5.74, 6) is 0.104. The highest BCUT2D eigenvalue weighted by Gasteiger charge is 2.27. The summed E-state index contributed by atoms with van der Waals surface area (Å²) in [4.78, 5) is 22.7. The van der Waals surface area contributed by atoms with Crippen molar-refractivity contribution < 1.29 is 9.53 Å². The number of nitrogens with zero attached hydrogens (tertiary/aromatic N) is 8. The van der Waals surface area contributed by atoms with Gasteiger partial charge in [-0.1, -0.05) is 6.07 Å². The van der Waals surface area contributed by atoms with Crippen LogP contribution in [0.25, 0.3) is 5.69 Å². The van der Waals surface area contributed by atoms with E-state index in [1.54, 1.807) is 23.1 Å². The van der Waals surface area contributed by atoms with Crippen molar-refractivity contribution in [1.29, 1.82) is 5.26 Å². The van der Waals surface area contributed by atoms with Crippen molar-refractivity contribution >= 4 is 5.91 Å². The third kappa shape index (κ3) is 3.64. The zero-order valence-electron chi connectivity index (χ0n) is 14.8. The van der Waals surface area contributed by atoms with Crippen LogP contribution in [-0.4, -0.2) is 60.2 Å². The predicted molar refractivity (Wildman–Crippen MR) is 95.5 cm³/mol. The minimum Gasteiger partial charge on any atom is -0.470 e. The van der Waals surface area contributed by atoms with Gasteiger partial charge in [-0.3, -0.25) is 4.79 Å². The van der Waals surface area contributed by atoms with Crippen LogP contribution in [0.3, 0.4) is 0 Å². The molecule has 0 aliphatic carbocycles. The zero-order valence-corrected chi connectivity index (χ0v) is 14.8. The molecule has 28 heavy (non-hydrogen) atoms. The second kappa shape index (κ2) is 7.79. The Morgan fingerprint density at radius 1 is 1.29 bits per heavy atom. The first kappa shape index (κ1) is 17.5. The van der Waals surface area contributed by atoms with Crippen molar-refractivity contribution in [3.05, 3.63) is 54.2 Å². The Kier molecular flexibility index (Phi) is 4.88. The molecule has 140 valence electrons. The fourth-order valence-corrected chi connectivity index (χ4v) is 3.11. The van der Waals surface area contributed by atoms with Crippen LogP contribution < -0.4 is 4.74 Å². The molecule has 2 aromatic heterocycles. The molecule has 1 aliphatic heterocycles. The molecule has 1 atom stereocenters. The number of hydrogen-bond acceptors (Lipinski definition) is 8. The first-order valence-electron chi connectivity index (χ1n) is 8.75. The molecule has 1 saturated heterocycles. The highest BCUT2D eigenvalue weighted by Crippen LogP contribution is 2.20. The monoisotopic (exact) mass is 376 g/mol. The second-order valence-electron chi connectivity index (χ2n) is 6.26. The molecular weight excluding hydrogens is 360 g/mol. The van der Waals surface area contributed by atoms with E-state index in [2.05, 4.69) is 25.5 Å². The molecule has 1 aromatic carbocycles. The summed E-state index contributed by atoms with van der Waals surface area (Å²) >= 11 is 0. The molecular formula is C18H16N8O2. The number of benzene rings is 1. The maximum atomic E-state index is 13.0. The molecule has 1 fully saturated rings. The van der Waals surface area contributed by atoms with Crippen LogP contribution >= 0.6 is 0 Å². The number of rotatable bonds is 4. The van der Waals surface area contributed by atoms with Crippen molar-refractivity contribution in [2.24, 2.45) is 0 Å². The third-order valence-corrected chi connectivity index (χ3v) is 4.42. The van der Waals surface area contributed by atoms with E-state index in [1.165, 1.54) is 23.4 Å². The Labute approximate surface area is 160 Å². The van der Waals surface area contributed by atoms with E-state index in [-0.39, 0.29) is 23.6 Å². The molecule has 0 radical (unpaired) electrons. The third-order valence-electron chi connectivity index (χ3n) is 4.42. The number of hydrogen-bond donors (Lipinski definition) is 0. The van der Waals surface area contributed by atoms with Crippen molar-refractivity contribution in [1.82, 2.24) is 35.1 Å². The van der Waals surface area contributed by atoms with Gasteiger partial charge in [0.2, 0.25) is 5.69 Å². The molecule has 0 saturated carbocycles. The SMILES string of the molecule is N#Cc1nccnc1OC1CCCN(C(=O)c2cccc(-n3cnnn3)c2)C1. The van der Waals surface area contributed by atoms with Crippen LogP contribution in [0.5, 0.6) is 5.88 Å². The molecule has 10 nitrogen and oxygen atoms in total. The van der Waals surface area contributed by atoms with E-state index in [4.69, 9.17) is 10.00 Å². The largest absolute Gasteiger partial charge is 0.470 e. The van der Waals surface area contributed by atoms with Gasteiger partial charge in [0.15, 0.2) is 0 Å². The molecule has 4 rings (SSSR count). The molecule has 3 heterocycles. The number of carbonyl (C=O) groups is 1. The smallest absolute Gasteiger partial charge is 0.254 e. The average molecular weight is 376 g/mol. The Bertz CT molecular complexity index is 1010. The van der Waals surface area contributed by atoms with E-state index in [1.807, 2.05) is 12.1 Å². The van der Waals surface area contributed by atoms with E-state index >= 15 is 0 Å². The summed E-state index contributed by atoms with van der Waals surface area (Å²) in [5, 5.41) is 20.2. The van der Waals surface area contributed by atoms with Crippen molar-refractivity contribution in [2.75, 3.05) is 13.1 Å². The highest BCUT2D eigenvalue weighted by atomic mass is 16.5. The highest BCUT2D eigenvalue weighted by molar-refractivity contribution is 5.94. The lowest BCUT2D eigenvalue weighted by Gasteiger charge is -2.32. The van der Waals surface area contributed by atoms with Gasteiger partial charge in [-0.2, -0.15) is 5.26 Å². The van der Waals surface area contributed by atoms with Crippen LogP contribution in [0, 0.1) is 11.3 Å².